The molecule has 0 saturated heterocycles. The number of nitrogens with zero attached hydrogens (tertiary/aromatic N) is 5. The molecule has 5 rings (SSSR count). The van der Waals surface area contributed by atoms with Gasteiger partial charge in [0.05, 0.1) is 30.6 Å². The predicted octanol–water partition coefficient (Wildman–Crippen LogP) is 3.86. The van der Waals surface area contributed by atoms with E-state index in [1.165, 1.54) is 18.5 Å². The van der Waals surface area contributed by atoms with Gasteiger partial charge in [-0.1, -0.05) is 6.92 Å². The summed E-state index contributed by atoms with van der Waals surface area (Å²) in [4.78, 5) is 4.60. The number of ether oxygens (including phenoxy) is 1. The Morgan fingerprint density at radius 1 is 1.25 bits per heavy atom. The van der Waals surface area contributed by atoms with Crippen molar-refractivity contribution >= 4 is 11.5 Å². The fraction of sp³-hybridized carbons (Fsp3) is 0.625. The first-order valence-corrected chi connectivity index (χ1v) is 11.8. The minimum Gasteiger partial charge on any atom is -0.393 e. The van der Waals surface area contributed by atoms with Gasteiger partial charge in [-0.2, -0.15) is 5.10 Å². The highest BCUT2D eigenvalue weighted by Gasteiger charge is 2.37. The van der Waals surface area contributed by atoms with Crippen LogP contribution in [0.15, 0.2) is 24.7 Å². The Morgan fingerprint density at radius 3 is 2.75 bits per heavy atom. The molecule has 0 spiro atoms. The Bertz CT molecular complexity index is 1080. The lowest BCUT2D eigenvalue weighted by Crippen LogP contribution is -2.23. The molecule has 3 aromatic heterocycles. The predicted molar refractivity (Wildman–Crippen MR) is 124 cm³/mol. The van der Waals surface area contributed by atoms with Gasteiger partial charge in [0.15, 0.2) is 0 Å². The van der Waals surface area contributed by atoms with Crippen LogP contribution in [0.4, 0.5) is 5.95 Å². The quantitative estimate of drug-likeness (QED) is 0.555. The van der Waals surface area contributed by atoms with Gasteiger partial charge in [0.25, 0.3) is 0 Å². The fourth-order valence-electron chi connectivity index (χ4n) is 4.84. The van der Waals surface area contributed by atoms with Gasteiger partial charge >= 0.3 is 0 Å². The van der Waals surface area contributed by atoms with E-state index < -0.39 is 0 Å². The van der Waals surface area contributed by atoms with Crippen molar-refractivity contribution in [3.8, 4) is 11.1 Å². The third kappa shape index (κ3) is 4.38. The van der Waals surface area contributed by atoms with Crippen molar-refractivity contribution in [2.75, 3.05) is 19.0 Å². The molecule has 1 atom stereocenters. The topological polar surface area (TPSA) is 89.5 Å². The number of hydrogen-bond acceptors (Lipinski definition) is 6. The fourth-order valence-corrected chi connectivity index (χ4v) is 4.84. The lowest BCUT2D eigenvalue weighted by Gasteiger charge is -2.25. The summed E-state index contributed by atoms with van der Waals surface area (Å²) < 4.78 is 9.36. The lowest BCUT2D eigenvalue weighted by atomic mass is 9.85. The molecule has 3 heterocycles. The van der Waals surface area contributed by atoms with E-state index in [1.807, 2.05) is 16.9 Å². The molecule has 32 heavy (non-hydrogen) atoms. The number of anilines is 1. The van der Waals surface area contributed by atoms with Crippen LogP contribution in [-0.2, 0) is 11.3 Å². The third-order valence-corrected chi connectivity index (χ3v) is 7.04. The van der Waals surface area contributed by atoms with Gasteiger partial charge in [0, 0.05) is 48.6 Å². The van der Waals surface area contributed by atoms with Crippen LogP contribution in [0.25, 0.3) is 16.6 Å². The Morgan fingerprint density at radius 2 is 2.03 bits per heavy atom. The van der Waals surface area contributed by atoms with Crippen LogP contribution in [0.1, 0.15) is 64.0 Å². The lowest BCUT2D eigenvalue weighted by molar-refractivity contribution is 0.121. The maximum absolute atomic E-state index is 10.00. The number of methoxy groups -OCH3 is 1. The zero-order valence-corrected chi connectivity index (χ0v) is 19.3. The first-order chi connectivity index (χ1) is 15.4. The van der Waals surface area contributed by atoms with Gasteiger partial charge in [0.2, 0.25) is 5.95 Å². The van der Waals surface area contributed by atoms with Crippen molar-refractivity contribution in [3.63, 3.8) is 0 Å². The molecule has 0 bridgehead atoms. The molecule has 2 aliphatic rings. The van der Waals surface area contributed by atoms with Crippen molar-refractivity contribution in [3.05, 3.63) is 30.4 Å². The van der Waals surface area contributed by atoms with Gasteiger partial charge in [-0.25, -0.2) is 9.50 Å². The smallest absolute Gasteiger partial charge is 0.241 e. The van der Waals surface area contributed by atoms with Crippen molar-refractivity contribution in [2.24, 2.45) is 5.41 Å². The average Bonchev–Trinajstić information content (AvgIpc) is 3.16. The highest BCUT2D eigenvalue weighted by molar-refractivity contribution is 5.81. The van der Waals surface area contributed by atoms with Crippen molar-refractivity contribution in [1.82, 2.24) is 24.4 Å². The van der Waals surface area contributed by atoms with E-state index in [-0.39, 0.29) is 12.1 Å². The SMILES string of the molecule is COC[C@H](C)Nc1ncc2c(-c3cnn(CC4(C)CC4)c3)cc([C@H]3CC[C@H](O)CC3)n2n1. The largest absolute Gasteiger partial charge is 0.393 e. The van der Waals surface area contributed by atoms with E-state index in [0.29, 0.717) is 23.9 Å². The Balaban J connectivity index is 1.51. The van der Waals surface area contributed by atoms with Crippen molar-refractivity contribution < 1.29 is 9.84 Å². The van der Waals surface area contributed by atoms with Crippen LogP contribution in [0.3, 0.4) is 0 Å². The summed E-state index contributed by atoms with van der Waals surface area (Å²) in [5.74, 6) is 0.970. The molecule has 0 amide bonds. The van der Waals surface area contributed by atoms with Crippen LogP contribution in [0.2, 0.25) is 0 Å². The maximum atomic E-state index is 10.00. The van der Waals surface area contributed by atoms with Crippen LogP contribution >= 0.6 is 0 Å². The van der Waals surface area contributed by atoms with Gasteiger partial charge in [-0.05, 0) is 56.9 Å². The molecule has 0 radical (unpaired) electrons. The first kappa shape index (κ1) is 21.4. The Labute approximate surface area is 189 Å². The van der Waals surface area contributed by atoms with E-state index >= 15 is 0 Å². The zero-order valence-electron chi connectivity index (χ0n) is 19.3. The maximum Gasteiger partial charge on any atom is 0.241 e. The van der Waals surface area contributed by atoms with E-state index in [0.717, 1.165) is 48.9 Å². The van der Waals surface area contributed by atoms with E-state index in [9.17, 15) is 5.11 Å². The Kier molecular flexibility index (Phi) is 5.67. The van der Waals surface area contributed by atoms with E-state index in [2.05, 4.69) is 46.2 Å². The summed E-state index contributed by atoms with van der Waals surface area (Å²) in [5, 5.41) is 22.8. The third-order valence-electron chi connectivity index (χ3n) is 7.04. The molecule has 3 aromatic rings. The highest BCUT2D eigenvalue weighted by Crippen LogP contribution is 2.46. The molecule has 8 heteroatoms. The molecule has 172 valence electrons. The van der Waals surface area contributed by atoms with Crippen LogP contribution in [-0.4, -0.2) is 55.3 Å². The van der Waals surface area contributed by atoms with E-state index in [1.54, 1.807) is 7.11 Å². The van der Waals surface area contributed by atoms with Crippen LogP contribution in [0, 0.1) is 5.41 Å². The van der Waals surface area contributed by atoms with Gasteiger partial charge < -0.3 is 15.2 Å². The second-order valence-electron chi connectivity index (χ2n) is 10.1. The van der Waals surface area contributed by atoms with Crippen LogP contribution in [0.5, 0.6) is 0 Å². The first-order valence-electron chi connectivity index (χ1n) is 11.8. The average molecular weight is 439 g/mol. The van der Waals surface area contributed by atoms with E-state index in [4.69, 9.17) is 9.84 Å². The summed E-state index contributed by atoms with van der Waals surface area (Å²) in [5.41, 5.74) is 4.81. The molecule has 0 aromatic carbocycles. The molecule has 0 unspecified atom stereocenters. The van der Waals surface area contributed by atoms with Crippen molar-refractivity contribution in [2.45, 2.75) is 77.0 Å². The molecular weight excluding hydrogens is 404 g/mol. The van der Waals surface area contributed by atoms with Crippen molar-refractivity contribution in [1.29, 1.82) is 0 Å². The summed E-state index contributed by atoms with van der Waals surface area (Å²) in [6.07, 6.45) is 12.0. The number of aliphatic hydroxyl groups excluding tert-OH is 1. The molecule has 2 aliphatic carbocycles. The van der Waals surface area contributed by atoms with Gasteiger partial charge in [0.1, 0.15) is 0 Å². The summed E-state index contributed by atoms with van der Waals surface area (Å²) >= 11 is 0. The number of aromatic nitrogens is 5. The normalized spacial score (nSPS) is 23.4. The van der Waals surface area contributed by atoms with Gasteiger partial charge in [-0.3, -0.25) is 4.68 Å². The molecule has 0 aliphatic heterocycles. The molecule has 2 N–H and O–H groups in total. The number of fused-ring (bicyclic) bond motifs is 1. The molecule has 2 saturated carbocycles. The van der Waals surface area contributed by atoms with Crippen LogP contribution < -0.4 is 5.32 Å². The summed E-state index contributed by atoms with van der Waals surface area (Å²) in [7, 11) is 1.69. The number of aliphatic hydroxyl groups is 1. The zero-order chi connectivity index (χ0) is 22.3. The molecule has 8 nitrogen and oxygen atoms in total. The number of rotatable bonds is 8. The minimum absolute atomic E-state index is 0.114. The monoisotopic (exact) mass is 438 g/mol. The highest BCUT2D eigenvalue weighted by atomic mass is 16.5. The summed E-state index contributed by atoms with van der Waals surface area (Å²) in [6.45, 7) is 5.93. The number of nitrogens with one attached hydrogen (secondary N) is 1. The molecule has 2 fully saturated rings. The summed E-state index contributed by atoms with van der Waals surface area (Å²) in [6, 6.07) is 2.37. The number of hydrogen-bond donors (Lipinski definition) is 2. The minimum atomic E-state index is -0.180. The second kappa shape index (κ2) is 8.48. The van der Waals surface area contributed by atoms with Gasteiger partial charge in [-0.15, -0.1) is 5.10 Å². The Hall–Kier alpha value is -2.45. The second-order valence-corrected chi connectivity index (χ2v) is 10.1. The standard InChI is InChI=1S/C24H34N6O2/c1-16(14-32-3)27-23-25-12-22-20(18-11-26-29(13-18)15-24(2)8-9-24)10-21(30(22)28-23)17-4-6-19(31)7-5-17/h10-13,16-17,19,31H,4-9,14-15H2,1-3H3,(H,27,28)/t16-,17-,19-/m0/s1. The molecular formula is C24H34N6O2.